The van der Waals surface area contributed by atoms with Gasteiger partial charge in [-0.25, -0.2) is 8.42 Å². The van der Waals surface area contributed by atoms with E-state index in [1.54, 1.807) is 19.2 Å². The standard InChI is InChI=1S/C30H38N2O4S/c1-6-29(23-13-19-28(36-4)20-14-23)30(25-11-17-27(33)18-12-25)24-9-15-26(16-10-24)32(37(5,34)35)22-21-31(7-2)8-3/h9-20,33H,6-8,21-22H2,1-5H3. The molecule has 0 spiro atoms. The Bertz CT molecular complexity index is 1280. The number of aromatic hydroxyl groups is 1. The van der Waals surface area contributed by atoms with Gasteiger partial charge < -0.3 is 14.7 Å². The van der Waals surface area contributed by atoms with E-state index < -0.39 is 10.0 Å². The van der Waals surface area contributed by atoms with E-state index in [0.717, 1.165) is 53.1 Å². The quantitative estimate of drug-likeness (QED) is 0.301. The molecule has 198 valence electrons. The molecule has 1 N–H and O–H groups in total. The van der Waals surface area contributed by atoms with Gasteiger partial charge in [-0.15, -0.1) is 0 Å². The molecule has 6 nitrogen and oxygen atoms in total. The molecule has 0 saturated heterocycles. The zero-order valence-corrected chi connectivity index (χ0v) is 23.3. The summed E-state index contributed by atoms with van der Waals surface area (Å²) in [5.41, 5.74) is 5.84. The van der Waals surface area contributed by atoms with E-state index >= 15 is 0 Å². The largest absolute Gasteiger partial charge is 0.508 e. The molecule has 0 heterocycles. The number of phenolic OH excluding ortho intramolecular Hbond substituents is 1. The van der Waals surface area contributed by atoms with Gasteiger partial charge in [0.1, 0.15) is 11.5 Å². The number of hydrogen-bond donors (Lipinski definition) is 1. The van der Waals surface area contributed by atoms with Crippen LogP contribution in [-0.4, -0.2) is 58.0 Å². The molecule has 0 radical (unpaired) electrons. The van der Waals surface area contributed by atoms with E-state index in [2.05, 4.69) is 25.7 Å². The minimum absolute atomic E-state index is 0.206. The second kappa shape index (κ2) is 12.8. The first-order valence-electron chi connectivity index (χ1n) is 12.7. The lowest BCUT2D eigenvalue weighted by Crippen LogP contribution is -2.38. The summed E-state index contributed by atoms with van der Waals surface area (Å²) in [6.45, 7) is 9.08. The van der Waals surface area contributed by atoms with E-state index in [1.165, 1.54) is 10.6 Å². The van der Waals surface area contributed by atoms with Crippen molar-refractivity contribution >= 4 is 26.9 Å². The van der Waals surface area contributed by atoms with Crippen molar-refractivity contribution < 1.29 is 18.3 Å². The normalized spacial score (nSPS) is 12.4. The highest BCUT2D eigenvalue weighted by Gasteiger charge is 2.19. The number of likely N-dealkylation sites (N-methyl/N-ethyl adjacent to an activating group) is 1. The fraction of sp³-hybridized carbons (Fsp3) is 0.333. The number of phenols is 1. The van der Waals surface area contributed by atoms with Gasteiger partial charge in [-0.3, -0.25) is 4.31 Å². The maximum atomic E-state index is 12.6. The van der Waals surface area contributed by atoms with Crippen LogP contribution >= 0.6 is 0 Å². The maximum Gasteiger partial charge on any atom is 0.232 e. The molecule has 0 aliphatic rings. The summed E-state index contributed by atoms with van der Waals surface area (Å²) < 4.78 is 32.1. The molecule has 0 aliphatic carbocycles. The van der Waals surface area contributed by atoms with Crippen LogP contribution < -0.4 is 9.04 Å². The molecular weight excluding hydrogens is 484 g/mol. The first-order valence-corrected chi connectivity index (χ1v) is 14.5. The molecule has 3 rings (SSSR count). The van der Waals surface area contributed by atoms with E-state index in [-0.39, 0.29) is 5.75 Å². The van der Waals surface area contributed by atoms with Crippen LogP contribution in [0, 0.1) is 0 Å². The molecule has 3 aromatic carbocycles. The zero-order chi connectivity index (χ0) is 27.0. The smallest absolute Gasteiger partial charge is 0.232 e. The predicted octanol–water partition coefficient (Wildman–Crippen LogP) is 5.88. The first kappa shape index (κ1) is 28.3. The zero-order valence-electron chi connectivity index (χ0n) is 22.4. The molecule has 0 unspecified atom stereocenters. The van der Waals surface area contributed by atoms with Crippen LogP contribution in [0.25, 0.3) is 11.1 Å². The SMILES string of the molecule is CCC(=C(c1ccc(O)cc1)c1ccc(N(CCN(CC)CC)S(C)(=O)=O)cc1)c1ccc(OC)cc1. The number of sulfonamides is 1. The lowest BCUT2D eigenvalue weighted by atomic mass is 9.88. The second-order valence-electron chi connectivity index (χ2n) is 8.89. The number of rotatable bonds is 12. The molecule has 0 aliphatic heterocycles. The van der Waals surface area contributed by atoms with Crippen molar-refractivity contribution in [3.63, 3.8) is 0 Å². The van der Waals surface area contributed by atoms with Crippen LogP contribution in [-0.2, 0) is 10.0 Å². The molecule has 0 bridgehead atoms. The Morgan fingerprint density at radius 1 is 0.784 bits per heavy atom. The Hall–Kier alpha value is -3.29. The summed E-state index contributed by atoms with van der Waals surface area (Å²) in [4.78, 5) is 2.21. The summed E-state index contributed by atoms with van der Waals surface area (Å²) in [7, 11) is -1.79. The number of anilines is 1. The minimum Gasteiger partial charge on any atom is -0.508 e. The fourth-order valence-corrected chi connectivity index (χ4v) is 5.43. The lowest BCUT2D eigenvalue weighted by molar-refractivity contribution is 0.313. The van der Waals surface area contributed by atoms with Gasteiger partial charge in [-0.1, -0.05) is 57.2 Å². The van der Waals surface area contributed by atoms with Crippen LogP contribution in [0.4, 0.5) is 5.69 Å². The third kappa shape index (κ3) is 7.14. The third-order valence-electron chi connectivity index (χ3n) is 6.61. The Morgan fingerprint density at radius 2 is 1.30 bits per heavy atom. The molecule has 37 heavy (non-hydrogen) atoms. The second-order valence-corrected chi connectivity index (χ2v) is 10.8. The molecule has 3 aromatic rings. The van der Waals surface area contributed by atoms with Crippen molar-refractivity contribution in [3.05, 3.63) is 89.5 Å². The summed E-state index contributed by atoms with van der Waals surface area (Å²) >= 11 is 0. The number of ether oxygens (including phenoxy) is 1. The van der Waals surface area contributed by atoms with Crippen molar-refractivity contribution in [2.45, 2.75) is 27.2 Å². The van der Waals surface area contributed by atoms with E-state index in [0.29, 0.717) is 18.8 Å². The van der Waals surface area contributed by atoms with Gasteiger partial charge in [-0.2, -0.15) is 0 Å². The summed E-state index contributed by atoms with van der Waals surface area (Å²) in [5, 5.41) is 9.88. The molecule has 0 saturated carbocycles. The van der Waals surface area contributed by atoms with Crippen molar-refractivity contribution in [2.24, 2.45) is 0 Å². The van der Waals surface area contributed by atoms with Gasteiger partial charge in [-0.05, 0) is 83.7 Å². The number of allylic oxidation sites excluding steroid dienone is 1. The first-order chi connectivity index (χ1) is 17.7. The van der Waals surface area contributed by atoms with Gasteiger partial charge in [0.05, 0.1) is 19.1 Å². The van der Waals surface area contributed by atoms with Crippen molar-refractivity contribution in [1.82, 2.24) is 4.90 Å². The van der Waals surface area contributed by atoms with Gasteiger partial charge in [0.2, 0.25) is 10.0 Å². The number of methoxy groups -OCH3 is 1. The highest BCUT2D eigenvalue weighted by molar-refractivity contribution is 7.92. The lowest BCUT2D eigenvalue weighted by Gasteiger charge is -2.26. The van der Waals surface area contributed by atoms with E-state index in [1.807, 2.05) is 60.7 Å². The maximum absolute atomic E-state index is 12.6. The average Bonchev–Trinajstić information content (AvgIpc) is 2.90. The highest BCUT2D eigenvalue weighted by atomic mass is 32.2. The van der Waals surface area contributed by atoms with Gasteiger partial charge in [0.25, 0.3) is 0 Å². The summed E-state index contributed by atoms with van der Waals surface area (Å²) in [6.07, 6.45) is 2.04. The molecule has 7 heteroatoms. The van der Waals surface area contributed by atoms with E-state index in [4.69, 9.17) is 4.74 Å². The number of benzene rings is 3. The van der Waals surface area contributed by atoms with Crippen LogP contribution in [0.2, 0.25) is 0 Å². The topological polar surface area (TPSA) is 70.1 Å². The predicted molar refractivity (Wildman–Crippen MR) is 154 cm³/mol. The Balaban J connectivity index is 2.09. The van der Waals surface area contributed by atoms with Crippen LogP contribution in [0.5, 0.6) is 11.5 Å². The van der Waals surface area contributed by atoms with Gasteiger partial charge in [0, 0.05) is 13.1 Å². The summed E-state index contributed by atoms with van der Waals surface area (Å²) in [5.74, 6) is 0.998. The number of hydrogen-bond acceptors (Lipinski definition) is 5. The molecule has 0 aromatic heterocycles. The average molecular weight is 523 g/mol. The monoisotopic (exact) mass is 522 g/mol. The molecule has 0 amide bonds. The van der Waals surface area contributed by atoms with Crippen molar-refractivity contribution in [3.8, 4) is 11.5 Å². The van der Waals surface area contributed by atoms with E-state index in [9.17, 15) is 13.5 Å². The van der Waals surface area contributed by atoms with Crippen molar-refractivity contribution in [1.29, 1.82) is 0 Å². The van der Waals surface area contributed by atoms with Crippen LogP contribution in [0.3, 0.4) is 0 Å². The Labute approximate surface area is 221 Å². The highest BCUT2D eigenvalue weighted by Crippen LogP contribution is 2.36. The molecule has 0 fully saturated rings. The van der Waals surface area contributed by atoms with Crippen LogP contribution in [0.1, 0.15) is 43.9 Å². The van der Waals surface area contributed by atoms with Crippen LogP contribution in [0.15, 0.2) is 72.8 Å². The van der Waals surface area contributed by atoms with Gasteiger partial charge in [0.15, 0.2) is 0 Å². The minimum atomic E-state index is -3.44. The Kier molecular flexibility index (Phi) is 9.78. The van der Waals surface area contributed by atoms with Gasteiger partial charge >= 0.3 is 0 Å². The fourth-order valence-electron chi connectivity index (χ4n) is 4.51. The number of nitrogens with zero attached hydrogens (tertiary/aromatic N) is 2. The summed E-state index contributed by atoms with van der Waals surface area (Å²) in [6, 6.07) is 22.9. The van der Waals surface area contributed by atoms with Crippen molar-refractivity contribution in [2.75, 3.05) is 43.8 Å². The Morgan fingerprint density at radius 3 is 1.76 bits per heavy atom. The third-order valence-corrected chi connectivity index (χ3v) is 7.80. The molecule has 0 atom stereocenters. The molecular formula is C30H38N2O4S.